The first kappa shape index (κ1) is 24.4. The van der Waals surface area contributed by atoms with Crippen molar-refractivity contribution in [1.82, 2.24) is 19.9 Å². The number of halogens is 3. The molecular formula is C24H25F3N6O2. The van der Waals surface area contributed by atoms with Crippen LogP contribution in [0.2, 0.25) is 0 Å². The molecule has 0 spiro atoms. The fourth-order valence-electron chi connectivity index (χ4n) is 4.39. The summed E-state index contributed by atoms with van der Waals surface area (Å²) in [5.41, 5.74) is 5.75. The normalized spacial score (nSPS) is 16.2. The summed E-state index contributed by atoms with van der Waals surface area (Å²) in [6.07, 6.45) is 2.89. The molecule has 3 aromatic rings. The number of benzene rings is 1. The van der Waals surface area contributed by atoms with Gasteiger partial charge in [0, 0.05) is 12.2 Å². The number of piperidine rings is 1. The second-order valence-corrected chi connectivity index (χ2v) is 8.60. The Hall–Kier alpha value is -3.73. The predicted molar refractivity (Wildman–Crippen MR) is 126 cm³/mol. The third-order valence-corrected chi connectivity index (χ3v) is 6.02. The first-order valence-electron chi connectivity index (χ1n) is 11.1. The average Bonchev–Trinajstić information content (AvgIpc) is 2.80. The molecule has 8 nitrogen and oxygen atoms in total. The zero-order chi connectivity index (χ0) is 25.3. The minimum Gasteiger partial charge on any atom is -0.383 e. The van der Waals surface area contributed by atoms with Crippen LogP contribution in [0.1, 0.15) is 57.9 Å². The summed E-state index contributed by atoms with van der Waals surface area (Å²) >= 11 is 0. The molecule has 1 amide bonds. The lowest BCUT2D eigenvalue weighted by molar-refractivity contribution is -0.137. The van der Waals surface area contributed by atoms with Crippen molar-refractivity contribution in [2.24, 2.45) is 0 Å². The molecule has 1 atom stereocenters. The van der Waals surface area contributed by atoms with Gasteiger partial charge in [0.15, 0.2) is 0 Å². The Morgan fingerprint density at radius 3 is 2.51 bits per heavy atom. The number of hydrogen-bond donors (Lipinski definition) is 3. The van der Waals surface area contributed by atoms with Gasteiger partial charge in [-0.1, -0.05) is 6.42 Å². The lowest BCUT2D eigenvalue weighted by Crippen LogP contribution is -2.31. The average molecular weight is 486 g/mol. The van der Waals surface area contributed by atoms with E-state index in [0.717, 1.165) is 54.4 Å². The van der Waals surface area contributed by atoms with Crippen molar-refractivity contribution < 1.29 is 18.0 Å². The van der Waals surface area contributed by atoms with Gasteiger partial charge in [-0.3, -0.25) is 19.1 Å². The molecule has 1 fully saturated rings. The van der Waals surface area contributed by atoms with Crippen molar-refractivity contribution in [3.63, 3.8) is 0 Å². The van der Waals surface area contributed by atoms with Crippen molar-refractivity contribution in [1.29, 1.82) is 0 Å². The maximum atomic E-state index is 13.3. The summed E-state index contributed by atoms with van der Waals surface area (Å²) in [6, 6.07) is 3.80. The quantitative estimate of drug-likeness (QED) is 0.515. The van der Waals surface area contributed by atoms with Gasteiger partial charge in [-0.15, -0.1) is 0 Å². The van der Waals surface area contributed by atoms with Gasteiger partial charge in [-0.05, 0) is 68.1 Å². The van der Waals surface area contributed by atoms with Gasteiger partial charge in [-0.25, -0.2) is 4.98 Å². The molecule has 4 rings (SSSR count). The van der Waals surface area contributed by atoms with Gasteiger partial charge in [-0.2, -0.15) is 13.2 Å². The maximum Gasteiger partial charge on any atom is 0.416 e. The number of anilines is 2. The van der Waals surface area contributed by atoms with Crippen molar-refractivity contribution >= 4 is 17.4 Å². The number of pyridine rings is 1. The fraction of sp³-hybridized carbons (Fsp3) is 0.333. The number of nitrogens with two attached hydrogens (primary N) is 1. The van der Waals surface area contributed by atoms with E-state index in [9.17, 15) is 22.8 Å². The highest BCUT2D eigenvalue weighted by Crippen LogP contribution is 2.33. The smallest absolute Gasteiger partial charge is 0.383 e. The molecule has 3 heterocycles. The van der Waals surface area contributed by atoms with Crippen LogP contribution in [0.3, 0.4) is 0 Å². The van der Waals surface area contributed by atoms with E-state index in [0.29, 0.717) is 5.69 Å². The van der Waals surface area contributed by atoms with Crippen molar-refractivity contribution in [3.05, 3.63) is 75.1 Å². The number of aryl methyl sites for hydroxylation is 2. The van der Waals surface area contributed by atoms with E-state index in [-0.39, 0.29) is 28.7 Å². The lowest BCUT2D eigenvalue weighted by atomic mass is 9.99. The Kier molecular flexibility index (Phi) is 6.62. The van der Waals surface area contributed by atoms with Crippen LogP contribution in [-0.4, -0.2) is 27.0 Å². The number of alkyl halides is 3. The Morgan fingerprint density at radius 2 is 1.89 bits per heavy atom. The number of aromatic nitrogens is 3. The van der Waals surface area contributed by atoms with Crippen LogP contribution in [0.5, 0.6) is 0 Å². The minimum atomic E-state index is -4.53. The maximum absolute atomic E-state index is 13.3. The predicted octanol–water partition coefficient (Wildman–Crippen LogP) is 3.91. The van der Waals surface area contributed by atoms with Gasteiger partial charge >= 0.3 is 6.18 Å². The van der Waals surface area contributed by atoms with Gasteiger partial charge in [0.1, 0.15) is 17.7 Å². The van der Waals surface area contributed by atoms with E-state index < -0.39 is 28.8 Å². The minimum absolute atomic E-state index is 0.124. The van der Waals surface area contributed by atoms with E-state index in [1.165, 1.54) is 20.0 Å². The summed E-state index contributed by atoms with van der Waals surface area (Å²) in [4.78, 5) is 34.4. The molecule has 1 aromatic carbocycles. The molecule has 0 saturated carbocycles. The highest BCUT2D eigenvalue weighted by atomic mass is 19.4. The third kappa shape index (κ3) is 5.04. The van der Waals surface area contributed by atoms with Gasteiger partial charge < -0.3 is 16.4 Å². The second kappa shape index (κ2) is 9.49. The molecule has 0 radical (unpaired) electrons. The standard InChI is InChI=1S/C24H25F3N6O2/c1-13-7-16(24(25,26)27)8-14(2)20(13)33-12-31-21(28)19(23(33)35)22(34)32-17-9-15(10-29-11-17)18-5-3-4-6-30-18/h7-12,18,30H,3-6,28H2,1-2H3,(H,32,34)/t18-/m1/s1. The monoisotopic (exact) mass is 486 g/mol. The Balaban J connectivity index is 1.68. The largest absolute Gasteiger partial charge is 0.416 e. The zero-order valence-electron chi connectivity index (χ0n) is 19.2. The Morgan fingerprint density at radius 1 is 1.17 bits per heavy atom. The number of nitrogens with one attached hydrogen (secondary N) is 2. The molecule has 35 heavy (non-hydrogen) atoms. The lowest BCUT2D eigenvalue weighted by Gasteiger charge is -2.23. The topological polar surface area (TPSA) is 115 Å². The van der Waals surface area contributed by atoms with Crippen LogP contribution >= 0.6 is 0 Å². The van der Waals surface area contributed by atoms with Crippen LogP contribution < -0.4 is 21.9 Å². The van der Waals surface area contributed by atoms with Crippen LogP contribution in [0, 0.1) is 13.8 Å². The Labute approximate surface area is 199 Å². The summed E-state index contributed by atoms with van der Waals surface area (Å²) in [7, 11) is 0. The van der Waals surface area contributed by atoms with E-state index in [1.54, 1.807) is 12.3 Å². The summed E-state index contributed by atoms with van der Waals surface area (Å²) in [6.45, 7) is 3.81. The molecule has 4 N–H and O–H groups in total. The molecule has 1 aliphatic rings. The second-order valence-electron chi connectivity index (χ2n) is 8.60. The van der Waals surface area contributed by atoms with Crippen LogP contribution in [0.15, 0.2) is 41.7 Å². The third-order valence-electron chi connectivity index (χ3n) is 6.02. The molecular weight excluding hydrogens is 461 g/mol. The fourth-order valence-corrected chi connectivity index (χ4v) is 4.39. The van der Waals surface area contributed by atoms with Crippen molar-refractivity contribution in [3.8, 4) is 5.69 Å². The van der Waals surface area contributed by atoms with E-state index in [2.05, 4.69) is 20.6 Å². The molecule has 0 aliphatic carbocycles. The first-order valence-corrected chi connectivity index (χ1v) is 11.1. The van der Waals surface area contributed by atoms with E-state index in [1.807, 2.05) is 0 Å². The number of amides is 1. The molecule has 1 aliphatic heterocycles. The summed E-state index contributed by atoms with van der Waals surface area (Å²) < 4.78 is 40.6. The zero-order valence-corrected chi connectivity index (χ0v) is 19.2. The molecule has 0 bridgehead atoms. The highest BCUT2D eigenvalue weighted by Gasteiger charge is 2.32. The summed E-state index contributed by atoms with van der Waals surface area (Å²) in [5.74, 6) is -1.07. The number of nitrogen functional groups attached to an aromatic ring is 1. The van der Waals surface area contributed by atoms with Crippen LogP contribution in [-0.2, 0) is 6.18 Å². The SMILES string of the molecule is Cc1cc(C(F)(F)F)cc(C)c1-n1cnc(N)c(C(=O)Nc2cncc([C@H]3CCCCN3)c2)c1=O. The van der Waals surface area contributed by atoms with Gasteiger partial charge in [0.25, 0.3) is 11.5 Å². The molecule has 184 valence electrons. The number of carbonyl (C=O) groups is 1. The molecule has 11 heteroatoms. The number of rotatable bonds is 4. The molecule has 0 unspecified atom stereocenters. The molecule has 1 saturated heterocycles. The van der Waals surface area contributed by atoms with Crippen LogP contribution in [0.4, 0.5) is 24.7 Å². The van der Waals surface area contributed by atoms with Gasteiger partial charge in [0.2, 0.25) is 0 Å². The Bertz CT molecular complexity index is 1310. The number of nitrogens with zero attached hydrogens (tertiary/aromatic N) is 3. The molecule has 2 aromatic heterocycles. The van der Waals surface area contributed by atoms with E-state index in [4.69, 9.17) is 5.73 Å². The number of hydrogen-bond acceptors (Lipinski definition) is 6. The van der Waals surface area contributed by atoms with Gasteiger partial charge in [0.05, 0.1) is 23.1 Å². The van der Waals surface area contributed by atoms with Crippen molar-refractivity contribution in [2.75, 3.05) is 17.6 Å². The highest BCUT2D eigenvalue weighted by molar-refractivity contribution is 6.06. The number of carbonyl (C=O) groups excluding carboxylic acids is 1. The van der Waals surface area contributed by atoms with E-state index >= 15 is 0 Å². The van der Waals surface area contributed by atoms with Crippen molar-refractivity contribution in [2.45, 2.75) is 45.3 Å². The van der Waals surface area contributed by atoms with Crippen LogP contribution in [0.25, 0.3) is 5.69 Å². The first-order chi connectivity index (χ1) is 16.6. The summed E-state index contributed by atoms with van der Waals surface area (Å²) in [5, 5.41) is 6.05.